The van der Waals surface area contributed by atoms with Crippen LogP contribution < -0.4 is 5.73 Å². The Kier molecular flexibility index (Phi) is 3.71. The lowest BCUT2D eigenvalue weighted by Gasteiger charge is -2.13. The molecular weight excluding hydrogens is 268 g/mol. The highest BCUT2D eigenvalue weighted by atomic mass is 79.9. The van der Waals surface area contributed by atoms with Crippen LogP contribution >= 0.6 is 15.9 Å². The molecule has 1 saturated carbocycles. The molecule has 2 N–H and O–H groups in total. The van der Waals surface area contributed by atoms with Gasteiger partial charge < -0.3 is 5.73 Å². The van der Waals surface area contributed by atoms with Crippen LogP contribution in [0, 0.1) is 5.92 Å². The predicted molar refractivity (Wildman–Crippen MR) is 66.0 cm³/mol. The number of hydrogen-bond donors (Lipinski definition) is 1. The smallest absolute Gasteiger partial charge is 0.143 e. The van der Waals surface area contributed by atoms with Crippen molar-refractivity contribution in [2.75, 3.05) is 0 Å². The zero-order valence-corrected chi connectivity index (χ0v) is 10.6. The Morgan fingerprint density at radius 3 is 2.88 bits per heavy atom. The van der Waals surface area contributed by atoms with Crippen LogP contribution in [0.5, 0.6) is 0 Å². The molecule has 1 aromatic heterocycles. The fourth-order valence-electron chi connectivity index (χ4n) is 2.21. The number of carbonyl (C=O) groups excluding carboxylic acids is 1. The van der Waals surface area contributed by atoms with E-state index in [0.717, 1.165) is 29.4 Å². The van der Waals surface area contributed by atoms with Gasteiger partial charge in [-0.1, -0.05) is 6.42 Å². The lowest BCUT2D eigenvalue weighted by atomic mass is 9.95. The number of halogens is 1. The molecule has 0 radical (unpaired) electrons. The number of Topliss-reactive ketones (excluding diaryl/α,β-unsaturated/α-hetero) is 1. The summed E-state index contributed by atoms with van der Waals surface area (Å²) in [5.74, 6) is 0.283. The lowest BCUT2D eigenvalue weighted by molar-refractivity contribution is -0.122. The first-order valence-electron chi connectivity index (χ1n) is 5.55. The number of nitrogens with two attached hydrogens (primary N) is 1. The minimum Gasteiger partial charge on any atom is -0.327 e. The molecule has 4 heteroatoms. The SMILES string of the molecule is NC1CCCC1C(=O)Cc1ccc(Br)cn1. The number of ketones is 1. The van der Waals surface area contributed by atoms with Crippen LogP contribution in [0.4, 0.5) is 0 Å². The Bertz CT molecular complexity index is 377. The van der Waals surface area contributed by atoms with Gasteiger partial charge in [0.15, 0.2) is 0 Å². The minimum absolute atomic E-state index is 0.0467. The van der Waals surface area contributed by atoms with E-state index in [0.29, 0.717) is 6.42 Å². The molecule has 0 amide bonds. The summed E-state index contributed by atoms with van der Waals surface area (Å²) < 4.78 is 0.932. The van der Waals surface area contributed by atoms with E-state index in [1.54, 1.807) is 6.20 Å². The van der Waals surface area contributed by atoms with Crippen LogP contribution in [0.3, 0.4) is 0 Å². The molecule has 2 rings (SSSR count). The molecule has 1 fully saturated rings. The fourth-order valence-corrected chi connectivity index (χ4v) is 2.44. The monoisotopic (exact) mass is 282 g/mol. The quantitative estimate of drug-likeness (QED) is 0.924. The normalized spacial score (nSPS) is 24.6. The summed E-state index contributed by atoms with van der Waals surface area (Å²) in [7, 11) is 0. The lowest BCUT2D eigenvalue weighted by Crippen LogP contribution is -2.31. The van der Waals surface area contributed by atoms with Gasteiger partial charge in [0, 0.05) is 34.7 Å². The third-order valence-electron chi connectivity index (χ3n) is 3.13. The molecule has 2 atom stereocenters. The van der Waals surface area contributed by atoms with E-state index in [4.69, 9.17) is 5.73 Å². The molecule has 16 heavy (non-hydrogen) atoms. The van der Waals surface area contributed by atoms with Gasteiger partial charge >= 0.3 is 0 Å². The third kappa shape index (κ3) is 2.68. The van der Waals surface area contributed by atoms with E-state index >= 15 is 0 Å². The van der Waals surface area contributed by atoms with Gasteiger partial charge in [-0.05, 0) is 40.9 Å². The number of rotatable bonds is 3. The van der Waals surface area contributed by atoms with Crippen molar-refractivity contribution in [1.82, 2.24) is 4.98 Å². The Balaban J connectivity index is 1.99. The number of aromatic nitrogens is 1. The highest BCUT2D eigenvalue weighted by molar-refractivity contribution is 9.10. The van der Waals surface area contributed by atoms with Gasteiger partial charge in [0.1, 0.15) is 5.78 Å². The number of pyridine rings is 1. The van der Waals surface area contributed by atoms with Gasteiger partial charge in [-0.15, -0.1) is 0 Å². The van der Waals surface area contributed by atoms with Crippen LogP contribution in [0.1, 0.15) is 25.0 Å². The predicted octanol–water partition coefficient (Wildman–Crippen LogP) is 2.08. The summed E-state index contributed by atoms with van der Waals surface area (Å²) >= 11 is 3.32. The molecular formula is C12H15BrN2O. The topological polar surface area (TPSA) is 56.0 Å². The fraction of sp³-hybridized carbons (Fsp3) is 0.500. The number of carbonyl (C=O) groups is 1. The van der Waals surface area contributed by atoms with Gasteiger partial charge in [-0.3, -0.25) is 9.78 Å². The standard InChI is InChI=1S/C12H15BrN2O/c13-8-4-5-9(15-7-8)6-12(16)10-2-1-3-11(10)14/h4-5,7,10-11H,1-3,6,14H2. The second kappa shape index (κ2) is 5.06. The molecule has 1 aliphatic rings. The third-order valence-corrected chi connectivity index (χ3v) is 3.60. The Morgan fingerprint density at radius 2 is 2.31 bits per heavy atom. The Hall–Kier alpha value is -0.740. The first-order chi connectivity index (χ1) is 7.66. The van der Waals surface area contributed by atoms with Crippen LogP contribution in [-0.2, 0) is 11.2 Å². The molecule has 3 nitrogen and oxygen atoms in total. The van der Waals surface area contributed by atoms with E-state index in [9.17, 15) is 4.79 Å². The molecule has 0 aromatic carbocycles. The van der Waals surface area contributed by atoms with Crippen molar-refractivity contribution in [3.63, 3.8) is 0 Å². The molecule has 2 unspecified atom stereocenters. The van der Waals surface area contributed by atoms with E-state index in [2.05, 4.69) is 20.9 Å². The highest BCUT2D eigenvalue weighted by Crippen LogP contribution is 2.25. The average molecular weight is 283 g/mol. The van der Waals surface area contributed by atoms with Crippen LogP contribution in [0.15, 0.2) is 22.8 Å². The van der Waals surface area contributed by atoms with Crippen molar-refractivity contribution in [2.24, 2.45) is 11.7 Å². The van der Waals surface area contributed by atoms with Crippen molar-refractivity contribution in [3.8, 4) is 0 Å². The largest absolute Gasteiger partial charge is 0.327 e. The van der Waals surface area contributed by atoms with Gasteiger partial charge in [-0.2, -0.15) is 0 Å². The van der Waals surface area contributed by atoms with Crippen molar-refractivity contribution in [3.05, 3.63) is 28.5 Å². The van der Waals surface area contributed by atoms with Crippen molar-refractivity contribution >= 4 is 21.7 Å². The molecule has 1 aromatic rings. The van der Waals surface area contributed by atoms with E-state index in [1.807, 2.05) is 12.1 Å². The van der Waals surface area contributed by atoms with Gasteiger partial charge in [0.25, 0.3) is 0 Å². The molecule has 0 aliphatic heterocycles. The molecule has 0 spiro atoms. The van der Waals surface area contributed by atoms with Crippen molar-refractivity contribution in [2.45, 2.75) is 31.7 Å². The number of hydrogen-bond acceptors (Lipinski definition) is 3. The maximum atomic E-state index is 12.0. The molecule has 0 bridgehead atoms. The molecule has 86 valence electrons. The van der Waals surface area contributed by atoms with Gasteiger partial charge in [0.2, 0.25) is 0 Å². The maximum absolute atomic E-state index is 12.0. The Labute approximate surface area is 104 Å². The maximum Gasteiger partial charge on any atom is 0.143 e. The zero-order chi connectivity index (χ0) is 11.5. The summed E-state index contributed by atoms with van der Waals surface area (Å²) in [6.45, 7) is 0. The highest BCUT2D eigenvalue weighted by Gasteiger charge is 2.29. The van der Waals surface area contributed by atoms with Gasteiger partial charge in [0.05, 0.1) is 0 Å². The van der Waals surface area contributed by atoms with Crippen molar-refractivity contribution in [1.29, 1.82) is 0 Å². The second-order valence-electron chi connectivity index (χ2n) is 4.31. The summed E-state index contributed by atoms with van der Waals surface area (Å²) in [5, 5.41) is 0. The molecule has 1 aliphatic carbocycles. The average Bonchev–Trinajstić information content (AvgIpc) is 2.68. The zero-order valence-electron chi connectivity index (χ0n) is 9.03. The summed E-state index contributed by atoms with van der Waals surface area (Å²) in [4.78, 5) is 16.2. The minimum atomic E-state index is 0.0467. The van der Waals surface area contributed by atoms with Crippen LogP contribution in [0.2, 0.25) is 0 Å². The Morgan fingerprint density at radius 1 is 1.50 bits per heavy atom. The molecule has 0 saturated heterocycles. The van der Waals surface area contributed by atoms with E-state index < -0.39 is 0 Å². The summed E-state index contributed by atoms with van der Waals surface area (Å²) in [5.41, 5.74) is 6.74. The first-order valence-corrected chi connectivity index (χ1v) is 6.35. The van der Waals surface area contributed by atoms with E-state index in [-0.39, 0.29) is 17.7 Å². The summed E-state index contributed by atoms with van der Waals surface area (Å²) in [6, 6.07) is 3.84. The van der Waals surface area contributed by atoms with Crippen molar-refractivity contribution < 1.29 is 4.79 Å². The van der Waals surface area contributed by atoms with Gasteiger partial charge in [-0.25, -0.2) is 0 Å². The van der Waals surface area contributed by atoms with Crippen LogP contribution in [0.25, 0.3) is 0 Å². The van der Waals surface area contributed by atoms with E-state index in [1.165, 1.54) is 0 Å². The number of nitrogens with zero attached hydrogens (tertiary/aromatic N) is 1. The van der Waals surface area contributed by atoms with Crippen LogP contribution in [-0.4, -0.2) is 16.8 Å². The summed E-state index contributed by atoms with van der Waals surface area (Å²) in [6.07, 6.45) is 5.12. The first kappa shape index (κ1) is 11.7. The second-order valence-corrected chi connectivity index (χ2v) is 5.23. The molecule has 1 heterocycles.